The third kappa shape index (κ3) is 3.54. The van der Waals surface area contributed by atoms with E-state index in [0.29, 0.717) is 17.6 Å². The fourth-order valence-electron chi connectivity index (χ4n) is 3.38. The zero-order chi connectivity index (χ0) is 20.5. The number of aryl methyl sites for hydroxylation is 1. The summed E-state index contributed by atoms with van der Waals surface area (Å²) < 4.78 is 2.19. The van der Waals surface area contributed by atoms with Crippen LogP contribution in [0.4, 0.5) is 11.6 Å². The lowest BCUT2D eigenvalue weighted by Gasteiger charge is -2.10. The number of primary amides is 1. The van der Waals surface area contributed by atoms with Crippen molar-refractivity contribution in [2.24, 2.45) is 5.73 Å². The predicted molar refractivity (Wildman–Crippen MR) is 114 cm³/mol. The van der Waals surface area contributed by atoms with Gasteiger partial charge >= 0.3 is 0 Å². The van der Waals surface area contributed by atoms with E-state index in [1.54, 1.807) is 24.5 Å². The standard InChI is InChI=1S/C22H22N6O/c1-13(2)28-12-17(16-6-8-24-11-20(16)28)19-7-9-25-22(27-19)26-18-5-4-15(21(23)29)10-14(18)3/h4-13H,1-3H3,(H2,23,29)(H,25,26,27). The molecule has 0 spiro atoms. The number of benzene rings is 1. The van der Waals surface area contributed by atoms with E-state index in [4.69, 9.17) is 10.7 Å². The molecule has 0 aliphatic carbocycles. The number of nitrogens with zero attached hydrogens (tertiary/aromatic N) is 4. The molecule has 7 heteroatoms. The molecule has 7 nitrogen and oxygen atoms in total. The molecule has 1 aromatic carbocycles. The summed E-state index contributed by atoms with van der Waals surface area (Å²) in [4.78, 5) is 24.7. The van der Waals surface area contributed by atoms with E-state index in [2.05, 4.69) is 39.9 Å². The minimum Gasteiger partial charge on any atom is -0.366 e. The summed E-state index contributed by atoms with van der Waals surface area (Å²) in [6.45, 7) is 6.19. The van der Waals surface area contributed by atoms with Crippen LogP contribution in [0, 0.1) is 6.92 Å². The molecule has 0 fully saturated rings. The number of carbonyl (C=O) groups excluding carboxylic acids is 1. The first kappa shape index (κ1) is 18.6. The van der Waals surface area contributed by atoms with Crippen molar-refractivity contribution in [3.8, 4) is 11.3 Å². The van der Waals surface area contributed by atoms with Crippen molar-refractivity contribution in [3.05, 3.63) is 66.2 Å². The van der Waals surface area contributed by atoms with Crippen LogP contribution < -0.4 is 11.1 Å². The molecule has 3 heterocycles. The van der Waals surface area contributed by atoms with Crippen molar-refractivity contribution in [1.82, 2.24) is 19.5 Å². The Balaban J connectivity index is 1.72. The molecule has 0 atom stereocenters. The molecule has 0 saturated carbocycles. The van der Waals surface area contributed by atoms with Gasteiger partial charge in [-0.2, -0.15) is 0 Å². The second kappa shape index (κ2) is 7.35. The number of anilines is 2. The molecule has 146 valence electrons. The van der Waals surface area contributed by atoms with Crippen molar-refractivity contribution >= 4 is 28.4 Å². The van der Waals surface area contributed by atoms with Crippen LogP contribution in [0.1, 0.15) is 35.8 Å². The summed E-state index contributed by atoms with van der Waals surface area (Å²) in [5.74, 6) is 0.0332. The van der Waals surface area contributed by atoms with Gasteiger partial charge in [-0.05, 0) is 56.7 Å². The second-order valence-electron chi connectivity index (χ2n) is 7.22. The average molecular weight is 386 g/mol. The average Bonchev–Trinajstić information content (AvgIpc) is 3.10. The van der Waals surface area contributed by atoms with Gasteiger partial charge in [-0.3, -0.25) is 9.78 Å². The molecule has 4 aromatic rings. The van der Waals surface area contributed by atoms with Crippen LogP contribution in [-0.4, -0.2) is 25.4 Å². The number of hydrogen-bond acceptors (Lipinski definition) is 5. The normalized spacial score (nSPS) is 11.2. The van der Waals surface area contributed by atoms with Gasteiger partial charge in [-0.1, -0.05) is 0 Å². The molecule has 0 bridgehead atoms. The maximum atomic E-state index is 11.4. The monoisotopic (exact) mass is 386 g/mol. The third-order valence-corrected chi connectivity index (χ3v) is 4.88. The highest BCUT2D eigenvalue weighted by molar-refractivity contribution is 5.95. The summed E-state index contributed by atoms with van der Waals surface area (Å²) >= 11 is 0. The highest BCUT2D eigenvalue weighted by Crippen LogP contribution is 2.31. The topological polar surface area (TPSA) is 98.7 Å². The molecular weight excluding hydrogens is 364 g/mol. The van der Waals surface area contributed by atoms with E-state index in [1.165, 1.54) is 0 Å². The van der Waals surface area contributed by atoms with Gasteiger partial charge in [0.05, 0.1) is 17.4 Å². The molecule has 3 aromatic heterocycles. The van der Waals surface area contributed by atoms with Crippen LogP contribution in [-0.2, 0) is 0 Å². The van der Waals surface area contributed by atoms with Gasteiger partial charge in [0.25, 0.3) is 0 Å². The number of amides is 1. The number of fused-ring (bicyclic) bond motifs is 1. The fraction of sp³-hybridized carbons (Fsp3) is 0.182. The first-order chi connectivity index (χ1) is 13.9. The number of hydrogen-bond donors (Lipinski definition) is 2. The molecule has 4 rings (SSSR count). The van der Waals surface area contributed by atoms with Crippen LogP contribution in [0.5, 0.6) is 0 Å². The molecule has 0 radical (unpaired) electrons. The Kier molecular flexibility index (Phi) is 4.72. The Morgan fingerprint density at radius 3 is 2.72 bits per heavy atom. The van der Waals surface area contributed by atoms with Crippen molar-refractivity contribution < 1.29 is 4.79 Å². The number of nitrogens with two attached hydrogens (primary N) is 1. The third-order valence-electron chi connectivity index (χ3n) is 4.88. The summed E-state index contributed by atoms with van der Waals surface area (Å²) in [6, 6.07) is 9.45. The van der Waals surface area contributed by atoms with Crippen molar-refractivity contribution in [3.63, 3.8) is 0 Å². The van der Waals surface area contributed by atoms with Gasteiger partial charge in [-0.25, -0.2) is 9.97 Å². The highest BCUT2D eigenvalue weighted by atomic mass is 16.1. The van der Waals surface area contributed by atoms with Crippen LogP contribution in [0.2, 0.25) is 0 Å². The van der Waals surface area contributed by atoms with E-state index >= 15 is 0 Å². The first-order valence-electron chi connectivity index (χ1n) is 9.39. The molecule has 0 aliphatic rings. The maximum Gasteiger partial charge on any atom is 0.248 e. The number of aromatic nitrogens is 4. The van der Waals surface area contributed by atoms with Crippen molar-refractivity contribution in [2.75, 3.05) is 5.32 Å². The number of nitrogens with one attached hydrogen (secondary N) is 1. The summed E-state index contributed by atoms with van der Waals surface area (Å²) in [5, 5.41) is 4.33. The largest absolute Gasteiger partial charge is 0.366 e. The second-order valence-corrected chi connectivity index (χ2v) is 7.22. The Morgan fingerprint density at radius 2 is 2.00 bits per heavy atom. The van der Waals surface area contributed by atoms with Gasteiger partial charge < -0.3 is 15.6 Å². The van der Waals surface area contributed by atoms with Crippen molar-refractivity contribution in [1.29, 1.82) is 0 Å². The lowest BCUT2D eigenvalue weighted by molar-refractivity contribution is 0.1000. The molecule has 1 amide bonds. The van der Waals surface area contributed by atoms with Crippen LogP contribution in [0.25, 0.3) is 22.2 Å². The molecular formula is C22H22N6O. The summed E-state index contributed by atoms with van der Waals surface area (Å²) in [5.41, 5.74) is 10.5. The van der Waals surface area contributed by atoms with Crippen LogP contribution in [0.3, 0.4) is 0 Å². The number of carbonyl (C=O) groups is 1. The minimum atomic E-state index is -0.450. The number of pyridine rings is 1. The van der Waals surface area contributed by atoms with E-state index in [1.807, 2.05) is 31.3 Å². The number of rotatable bonds is 5. The molecule has 0 saturated heterocycles. The lowest BCUT2D eigenvalue weighted by atomic mass is 10.1. The highest BCUT2D eigenvalue weighted by Gasteiger charge is 2.14. The zero-order valence-corrected chi connectivity index (χ0v) is 16.5. The van der Waals surface area contributed by atoms with Crippen LogP contribution >= 0.6 is 0 Å². The van der Waals surface area contributed by atoms with E-state index < -0.39 is 5.91 Å². The van der Waals surface area contributed by atoms with Crippen LogP contribution in [0.15, 0.2) is 55.1 Å². The predicted octanol–water partition coefficient (Wildman–Crippen LogP) is 4.23. The Morgan fingerprint density at radius 1 is 1.17 bits per heavy atom. The Bertz CT molecular complexity index is 1210. The van der Waals surface area contributed by atoms with E-state index in [0.717, 1.165) is 33.4 Å². The first-order valence-corrected chi connectivity index (χ1v) is 9.39. The van der Waals surface area contributed by atoms with Gasteiger partial charge in [0.15, 0.2) is 0 Å². The summed E-state index contributed by atoms with van der Waals surface area (Å²) in [7, 11) is 0. The molecule has 0 unspecified atom stereocenters. The van der Waals surface area contributed by atoms with Crippen molar-refractivity contribution in [2.45, 2.75) is 26.8 Å². The zero-order valence-electron chi connectivity index (χ0n) is 16.5. The van der Waals surface area contributed by atoms with Gasteiger partial charge in [0, 0.05) is 46.8 Å². The SMILES string of the molecule is Cc1cc(C(N)=O)ccc1Nc1nccc(-c2cn(C(C)C)c3cnccc23)n1. The molecule has 0 aliphatic heterocycles. The smallest absolute Gasteiger partial charge is 0.248 e. The molecule has 29 heavy (non-hydrogen) atoms. The summed E-state index contributed by atoms with van der Waals surface area (Å²) in [6.07, 6.45) is 7.51. The fourth-order valence-corrected chi connectivity index (χ4v) is 3.38. The lowest BCUT2D eigenvalue weighted by Crippen LogP contribution is -2.11. The Labute approximate surface area is 168 Å². The minimum absolute atomic E-state index is 0.307. The van der Waals surface area contributed by atoms with Gasteiger partial charge in [-0.15, -0.1) is 0 Å². The quantitative estimate of drug-likeness (QED) is 0.535. The molecule has 3 N–H and O–H groups in total. The van der Waals surface area contributed by atoms with Gasteiger partial charge in [0.1, 0.15) is 0 Å². The maximum absolute atomic E-state index is 11.4. The van der Waals surface area contributed by atoms with E-state index in [9.17, 15) is 4.79 Å². The Hall–Kier alpha value is -3.74. The van der Waals surface area contributed by atoms with Gasteiger partial charge in [0.2, 0.25) is 11.9 Å². The van der Waals surface area contributed by atoms with E-state index in [-0.39, 0.29) is 0 Å².